The van der Waals surface area contributed by atoms with Crippen LogP contribution in [0, 0.1) is 5.92 Å². The second-order valence-electron chi connectivity index (χ2n) is 5.15. The predicted octanol–water partition coefficient (Wildman–Crippen LogP) is 3.43. The lowest BCUT2D eigenvalue weighted by atomic mass is 9.87. The third-order valence-corrected chi connectivity index (χ3v) is 4.20. The minimum absolute atomic E-state index is 0.117. The maximum Gasteiger partial charge on any atom is 0.147 e. The third kappa shape index (κ3) is 1.90. The first kappa shape index (κ1) is 13.1. The predicted molar refractivity (Wildman–Crippen MR) is 80.3 cm³/mol. The average molecular weight is 287 g/mol. The number of hydrogen-bond acceptors (Lipinski definition) is 2. The molecular weight excluding hydrogens is 272 g/mol. The summed E-state index contributed by atoms with van der Waals surface area (Å²) in [5.41, 5.74) is 4.57. The molecule has 0 saturated heterocycles. The molecule has 0 aliphatic heterocycles. The van der Waals surface area contributed by atoms with E-state index < -0.39 is 0 Å². The Labute approximate surface area is 122 Å². The third-order valence-electron chi connectivity index (χ3n) is 3.80. The van der Waals surface area contributed by atoms with Gasteiger partial charge >= 0.3 is 0 Å². The van der Waals surface area contributed by atoms with Crippen LogP contribution in [0.15, 0.2) is 35.9 Å². The number of carbonyl (C=O) groups is 1. The summed E-state index contributed by atoms with van der Waals surface area (Å²) < 4.78 is 1.85. The monoisotopic (exact) mass is 286 g/mol. The smallest absolute Gasteiger partial charge is 0.147 e. The van der Waals surface area contributed by atoms with Gasteiger partial charge in [0, 0.05) is 23.7 Å². The molecule has 4 heteroatoms. The zero-order valence-corrected chi connectivity index (χ0v) is 12.2. The van der Waals surface area contributed by atoms with Gasteiger partial charge in [-0.25, -0.2) is 0 Å². The largest absolute Gasteiger partial charge is 0.298 e. The van der Waals surface area contributed by atoms with Crippen LogP contribution in [0.4, 0.5) is 0 Å². The second kappa shape index (κ2) is 4.91. The molecule has 0 radical (unpaired) electrons. The van der Waals surface area contributed by atoms with Crippen molar-refractivity contribution < 1.29 is 4.79 Å². The Bertz CT molecular complexity index is 701. The molecule has 0 N–H and O–H groups in total. The van der Waals surface area contributed by atoms with E-state index in [1.54, 1.807) is 0 Å². The molecule has 1 aliphatic rings. The topological polar surface area (TPSA) is 34.9 Å². The molecule has 1 aromatic carbocycles. The number of rotatable bonds is 2. The SMILES string of the molecule is CC1Cc2nn(C)c(-c3ccccc3)c2C(Cl)=C1C=O. The molecule has 1 aliphatic carbocycles. The van der Waals surface area contributed by atoms with Gasteiger partial charge in [-0.05, 0) is 12.3 Å². The van der Waals surface area contributed by atoms with Gasteiger partial charge < -0.3 is 0 Å². The fraction of sp³-hybridized carbons (Fsp3) is 0.250. The zero-order chi connectivity index (χ0) is 14.3. The van der Waals surface area contributed by atoms with E-state index in [1.165, 1.54) is 0 Å². The molecule has 20 heavy (non-hydrogen) atoms. The number of aldehydes is 1. The molecule has 1 aromatic heterocycles. The van der Waals surface area contributed by atoms with Crippen molar-refractivity contribution in [2.75, 3.05) is 0 Å². The summed E-state index contributed by atoms with van der Waals surface area (Å²) in [6.07, 6.45) is 1.62. The van der Waals surface area contributed by atoms with E-state index in [1.807, 2.05) is 49.0 Å². The van der Waals surface area contributed by atoms with Gasteiger partial charge in [-0.3, -0.25) is 9.48 Å². The molecule has 0 saturated carbocycles. The number of carbonyl (C=O) groups excluding carboxylic acids is 1. The normalized spacial score (nSPS) is 18.1. The Morgan fingerprint density at radius 2 is 2.05 bits per heavy atom. The molecule has 1 heterocycles. The van der Waals surface area contributed by atoms with Gasteiger partial charge in [0.25, 0.3) is 0 Å². The van der Waals surface area contributed by atoms with Crippen molar-refractivity contribution in [3.8, 4) is 11.3 Å². The molecule has 1 unspecified atom stereocenters. The number of aryl methyl sites for hydroxylation is 1. The van der Waals surface area contributed by atoms with Crippen LogP contribution in [0.2, 0.25) is 0 Å². The van der Waals surface area contributed by atoms with E-state index in [0.717, 1.165) is 35.2 Å². The van der Waals surface area contributed by atoms with E-state index in [-0.39, 0.29) is 5.92 Å². The number of aromatic nitrogens is 2. The molecular formula is C16H15ClN2O. The van der Waals surface area contributed by atoms with E-state index in [0.29, 0.717) is 10.6 Å². The van der Waals surface area contributed by atoms with Crippen LogP contribution in [0.5, 0.6) is 0 Å². The molecule has 1 atom stereocenters. The first-order valence-electron chi connectivity index (χ1n) is 6.60. The highest BCUT2D eigenvalue weighted by Gasteiger charge is 2.29. The van der Waals surface area contributed by atoms with Crippen LogP contribution >= 0.6 is 11.6 Å². The van der Waals surface area contributed by atoms with Crippen LogP contribution in [0.25, 0.3) is 16.3 Å². The Hall–Kier alpha value is -1.87. The summed E-state index contributed by atoms with van der Waals surface area (Å²) in [6.45, 7) is 2.01. The summed E-state index contributed by atoms with van der Waals surface area (Å²) >= 11 is 6.47. The van der Waals surface area contributed by atoms with Gasteiger partial charge in [0.1, 0.15) is 6.29 Å². The lowest BCUT2D eigenvalue weighted by molar-refractivity contribution is -0.105. The first-order valence-corrected chi connectivity index (χ1v) is 6.97. The van der Waals surface area contributed by atoms with Crippen molar-refractivity contribution in [3.05, 3.63) is 47.2 Å². The minimum atomic E-state index is 0.117. The standard InChI is InChI=1S/C16H15ClN2O/c1-10-8-13-14(15(17)12(10)9-20)16(19(2)18-13)11-6-4-3-5-7-11/h3-7,9-10H,8H2,1-2H3. The van der Waals surface area contributed by atoms with Crippen LogP contribution in [-0.2, 0) is 18.3 Å². The molecule has 0 amide bonds. The summed E-state index contributed by atoms with van der Waals surface area (Å²) in [7, 11) is 1.91. The average Bonchev–Trinajstić information content (AvgIpc) is 2.76. The van der Waals surface area contributed by atoms with Gasteiger partial charge in [0.15, 0.2) is 0 Å². The van der Waals surface area contributed by atoms with Crippen molar-refractivity contribution in [2.45, 2.75) is 13.3 Å². The van der Waals surface area contributed by atoms with Crippen LogP contribution in [0.3, 0.4) is 0 Å². The summed E-state index contributed by atoms with van der Waals surface area (Å²) in [5.74, 6) is 0.117. The zero-order valence-electron chi connectivity index (χ0n) is 11.4. The number of allylic oxidation sites excluding steroid dienone is 1. The summed E-state index contributed by atoms with van der Waals surface area (Å²) in [4.78, 5) is 11.3. The van der Waals surface area contributed by atoms with Crippen molar-refractivity contribution in [1.29, 1.82) is 0 Å². The van der Waals surface area contributed by atoms with Gasteiger partial charge in [0.05, 0.1) is 16.4 Å². The Kier molecular flexibility index (Phi) is 3.22. The molecule has 2 aromatic rings. The molecule has 3 nitrogen and oxygen atoms in total. The van der Waals surface area contributed by atoms with Crippen molar-refractivity contribution >= 4 is 22.9 Å². The highest BCUT2D eigenvalue weighted by Crippen LogP contribution is 2.41. The molecule has 102 valence electrons. The summed E-state index contributed by atoms with van der Waals surface area (Å²) in [6, 6.07) is 10.00. The lowest BCUT2D eigenvalue weighted by Crippen LogP contribution is -2.13. The fourth-order valence-electron chi connectivity index (χ4n) is 2.81. The number of halogens is 1. The van der Waals surface area contributed by atoms with E-state index in [2.05, 4.69) is 5.10 Å². The highest BCUT2D eigenvalue weighted by atomic mass is 35.5. The van der Waals surface area contributed by atoms with Crippen LogP contribution < -0.4 is 0 Å². The Balaban J connectivity index is 2.28. The van der Waals surface area contributed by atoms with Crippen molar-refractivity contribution in [1.82, 2.24) is 9.78 Å². The summed E-state index contributed by atoms with van der Waals surface area (Å²) in [5, 5.41) is 5.12. The number of benzene rings is 1. The minimum Gasteiger partial charge on any atom is -0.298 e. The van der Waals surface area contributed by atoms with Gasteiger partial charge in [-0.1, -0.05) is 48.9 Å². The molecule has 0 spiro atoms. The fourth-order valence-corrected chi connectivity index (χ4v) is 3.24. The Morgan fingerprint density at radius 3 is 2.70 bits per heavy atom. The van der Waals surface area contributed by atoms with Crippen LogP contribution in [-0.4, -0.2) is 16.1 Å². The van der Waals surface area contributed by atoms with Crippen molar-refractivity contribution in [3.63, 3.8) is 0 Å². The maximum absolute atomic E-state index is 11.3. The van der Waals surface area contributed by atoms with Gasteiger partial charge in [-0.15, -0.1) is 0 Å². The second-order valence-corrected chi connectivity index (χ2v) is 5.53. The van der Waals surface area contributed by atoms with Gasteiger partial charge in [0.2, 0.25) is 0 Å². The highest BCUT2D eigenvalue weighted by molar-refractivity contribution is 6.51. The number of fused-ring (bicyclic) bond motifs is 1. The van der Waals surface area contributed by atoms with E-state index in [4.69, 9.17) is 11.6 Å². The number of nitrogens with zero attached hydrogens (tertiary/aromatic N) is 2. The van der Waals surface area contributed by atoms with Gasteiger partial charge in [-0.2, -0.15) is 5.10 Å². The van der Waals surface area contributed by atoms with Crippen molar-refractivity contribution in [2.24, 2.45) is 13.0 Å². The quantitative estimate of drug-likeness (QED) is 0.793. The maximum atomic E-state index is 11.3. The lowest BCUT2D eigenvalue weighted by Gasteiger charge is -2.19. The Morgan fingerprint density at radius 1 is 1.35 bits per heavy atom. The van der Waals surface area contributed by atoms with E-state index in [9.17, 15) is 4.79 Å². The van der Waals surface area contributed by atoms with E-state index >= 15 is 0 Å². The molecule has 0 bridgehead atoms. The number of hydrogen-bond donors (Lipinski definition) is 0. The molecule has 0 fully saturated rings. The van der Waals surface area contributed by atoms with Crippen LogP contribution in [0.1, 0.15) is 18.2 Å². The first-order chi connectivity index (χ1) is 9.63. The molecule has 3 rings (SSSR count).